The van der Waals surface area contributed by atoms with Gasteiger partial charge in [0.15, 0.2) is 0 Å². The molecule has 0 bridgehead atoms. The molecule has 6 heteroatoms. The average Bonchev–Trinajstić information content (AvgIpc) is 2.35. The predicted octanol–water partition coefficient (Wildman–Crippen LogP) is 1.22. The van der Waals surface area contributed by atoms with E-state index in [-0.39, 0.29) is 6.61 Å². The molecule has 1 rings (SSSR count). The number of rotatable bonds is 6. The van der Waals surface area contributed by atoms with Crippen molar-refractivity contribution >= 4 is 11.9 Å². The summed E-state index contributed by atoms with van der Waals surface area (Å²) in [5, 5.41) is 8.41. The lowest BCUT2D eigenvalue weighted by atomic mass is 10.2. The van der Waals surface area contributed by atoms with Crippen LogP contribution < -0.4 is 9.47 Å². The van der Waals surface area contributed by atoms with E-state index < -0.39 is 18.4 Å². The van der Waals surface area contributed by atoms with Gasteiger partial charge in [-0.2, -0.15) is 0 Å². The molecule has 0 aliphatic heterocycles. The summed E-state index contributed by atoms with van der Waals surface area (Å²) in [6.07, 6.45) is -0.654. The van der Waals surface area contributed by atoms with Crippen molar-refractivity contribution in [2.45, 2.75) is 13.0 Å². The number of ether oxygens (including phenoxy) is 3. The lowest BCUT2D eigenvalue weighted by molar-refractivity contribution is -0.152. The zero-order valence-corrected chi connectivity index (χ0v) is 10.1. The molecule has 0 amide bonds. The highest BCUT2D eigenvalue weighted by molar-refractivity contribution is 5.90. The summed E-state index contributed by atoms with van der Waals surface area (Å²) in [5.74, 6) is -0.882. The second-order valence-electron chi connectivity index (χ2n) is 3.41. The first-order chi connectivity index (χ1) is 8.56. The van der Waals surface area contributed by atoms with E-state index in [9.17, 15) is 9.59 Å². The highest BCUT2D eigenvalue weighted by Crippen LogP contribution is 2.25. The van der Waals surface area contributed by atoms with Gasteiger partial charge in [-0.3, -0.25) is 9.59 Å². The van der Waals surface area contributed by atoms with Crippen LogP contribution in [0.5, 0.6) is 11.5 Å². The van der Waals surface area contributed by atoms with Gasteiger partial charge in [-0.05, 0) is 12.1 Å². The summed E-state index contributed by atoms with van der Waals surface area (Å²) in [7, 11) is 3.01. The maximum Gasteiger partial charge on any atom is 0.317 e. The van der Waals surface area contributed by atoms with Gasteiger partial charge >= 0.3 is 11.9 Å². The van der Waals surface area contributed by atoms with Crippen molar-refractivity contribution in [3.8, 4) is 11.5 Å². The topological polar surface area (TPSA) is 82.1 Å². The smallest absolute Gasteiger partial charge is 0.317 e. The van der Waals surface area contributed by atoms with Crippen molar-refractivity contribution in [2.24, 2.45) is 0 Å². The number of hydrogen-bond donors (Lipinski definition) is 1. The minimum atomic E-state index is -1.22. The third kappa shape index (κ3) is 3.97. The van der Waals surface area contributed by atoms with E-state index in [2.05, 4.69) is 0 Å². The summed E-state index contributed by atoms with van der Waals surface area (Å²) in [6.45, 7) is -0.0424. The van der Waals surface area contributed by atoms with Crippen molar-refractivity contribution in [1.29, 1.82) is 0 Å². The van der Waals surface area contributed by atoms with E-state index in [1.54, 1.807) is 18.2 Å². The minimum absolute atomic E-state index is 0.0424. The average molecular weight is 254 g/mol. The van der Waals surface area contributed by atoms with E-state index in [4.69, 9.17) is 19.3 Å². The number of methoxy groups -OCH3 is 2. The lowest BCUT2D eigenvalue weighted by Crippen LogP contribution is -2.10. The molecular weight excluding hydrogens is 240 g/mol. The molecule has 98 valence electrons. The molecule has 0 fully saturated rings. The molecule has 0 aliphatic carbocycles. The number of carbonyl (C=O) groups excluding carboxylic acids is 1. The van der Waals surface area contributed by atoms with Gasteiger partial charge < -0.3 is 19.3 Å². The van der Waals surface area contributed by atoms with E-state index in [1.165, 1.54) is 14.2 Å². The van der Waals surface area contributed by atoms with Crippen LogP contribution in [0.15, 0.2) is 18.2 Å². The molecule has 1 N–H and O–H groups in total. The lowest BCUT2D eigenvalue weighted by Gasteiger charge is -2.10. The van der Waals surface area contributed by atoms with Crippen LogP contribution in [0, 0.1) is 0 Å². The third-order valence-corrected chi connectivity index (χ3v) is 2.18. The maximum absolute atomic E-state index is 11.1. The molecule has 1 aromatic rings. The van der Waals surface area contributed by atoms with E-state index in [1.807, 2.05) is 0 Å². The molecule has 0 heterocycles. The van der Waals surface area contributed by atoms with Gasteiger partial charge in [-0.1, -0.05) is 0 Å². The molecule has 0 aromatic heterocycles. The van der Waals surface area contributed by atoms with Crippen LogP contribution in [-0.4, -0.2) is 31.3 Å². The van der Waals surface area contributed by atoms with Crippen LogP contribution in [0.2, 0.25) is 0 Å². The Balaban J connectivity index is 2.67. The van der Waals surface area contributed by atoms with Gasteiger partial charge in [0.05, 0.1) is 14.2 Å². The van der Waals surface area contributed by atoms with Crippen LogP contribution in [0.3, 0.4) is 0 Å². The molecule has 6 nitrogen and oxygen atoms in total. The predicted molar refractivity (Wildman–Crippen MR) is 61.6 cm³/mol. The van der Waals surface area contributed by atoms with Gasteiger partial charge in [0.25, 0.3) is 0 Å². The molecule has 18 heavy (non-hydrogen) atoms. The Morgan fingerprint density at radius 3 is 2.50 bits per heavy atom. The molecule has 0 spiro atoms. The first-order valence-corrected chi connectivity index (χ1v) is 5.15. The van der Waals surface area contributed by atoms with Gasteiger partial charge in [0, 0.05) is 11.6 Å². The van der Waals surface area contributed by atoms with Crippen molar-refractivity contribution in [2.75, 3.05) is 14.2 Å². The maximum atomic E-state index is 11.1. The van der Waals surface area contributed by atoms with Crippen molar-refractivity contribution < 1.29 is 28.9 Å². The SMILES string of the molecule is COc1ccc(COC(=O)CC(=O)O)c(OC)c1. The fourth-order valence-corrected chi connectivity index (χ4v) is 1.30. The minimum Gasteiger partial charge on any atom is -0.497 e. The van der Waals surface area contributed by atoms with Crippen LogP contribution in [0.4, 0.5) is 0 Å². The first kappa shape index (κ1) is 13.8. The summed E-state index contributed by atoms with van der Waals surface area (Å²) >= 11 is 0. The molecule has 1 aromatic carbocycles. The second-order valence-corrected chi connectivity index (χ2v) is 3.41. The Morgan fingerprint density at radius 2 is 1.94 bits per heavy atom. The highest BCUT2D eigenvalue weighted by atomic mass is 16.5. The number of carbonyl (C=O) groups is 2. The normalized spacial score (nSPS) is 9.67. The van der Waals surface area contributed by atoms with Crippen LogP contribution in [0.25, 0.3) is 0 Å². The number of benzene rings is 1. The summed E-state index contributed by atoms with van der Waals surface area (Å²) < 4.78 is 15.0. The second kappa shape index (κ2) is 6.48. The molecular formula is C12H14O6. The Kier molecular flexibility index (Phi) is 4.98. The Hall–Kier alpha value is -2.24. The van der Waals surface area contributed by atoms with Gasteiger partial charge in [-0.15, -0.1) is 0 Å². The largest absolute Gasteiger partial charge is 0.497 e. The summed E-state index contributed by atoms with van der Waals surface area (Å²) in [5.41, 5.74) is 0.636. The van der Waals surface area contributed by atoms with Crippen LogP contribution in [0.1, 0.15) is 12.0 Å². The number of carboxylic acid groups (broad SMARTS) is 1. The van der Waals surface area contributed by atoms with Crippen LogP contribution in [-0.2, 0) is 20.9 Å². The Morgan fingerprint density at radius 1 is 1.22 bits per heavy atom. The fourth-order valence-electron chi connectivity index (χ4n) is 1.30. The summed E-state index contributed by atoms with van der Waals surface area (Å²) in [4.78, 5) is 21.4. The molecule has 0 saturated heterocycles. The first-order valence-electron chi connectivity index (χ1n) is 5.15. The number of hydrogen-bond acceptors (Lipinski definition) is 5. The monoisotopic (exact) mass is 254 g/mol. The number of aliphatic carboxylic acids is 1. The van der Waals surface area contributed by atoms with Crippen molar-refractivity contribution in [1.82, 2.24) is 0 Å². The highest BCUT2D eigenvalue weighted by Gasteiger charge is 2.11. The number of esters is 1. The van der Waals surface area contributed by atoms with Crippen LogP contribution >= 0.6 is 0 Å². The molecule has 0 aliphatic rings. The standard InChI is InChI=1S/C12H14O6/c1-16-9-4-3-8(10(5-9)17-2)7-18-12(15)6-11(13)14/h3-5H,6-7H2,1-2H3,(H,13,14). The van der Waals surface area contributed by atoms with E-state index in [0.717, 1.165) is 0 Å². The zero-order valence-electron chi connectivity index (χ0n) is 10.1. The van der Waals surface area contributed by atoms with Crippen molar-refractivity contribution in [3.63, 3.8) is 0 Å². The molecule has 0 saturated carbocycles. The number of carboxylic acids is 1. The van der Waals surface area contributed by atoms with Gasteiger partial charge in [0.1, 0.15) is 24.5 Å². The Labute approximate surface area is 104 Å². The Bertz CT molecular complexity index is 440. The fraction of sp³-hybridized carbons (Fsp3) is 0.333. The van der Waals surface area contributed by atoms with Crippen molar-refractivity contribution in [3.05, 3.63) is 23.8 Å². The molecule has 0 unspecified atom stereocenters. The van der Waals surface area contributed by atoms with Gasteiger partial charge in [-0.25, -0.2) is 0 Å². The zero-order chi connectivity index (χ0) is 13.5. The van der Waals surface area contributed by atoms with E-state index in [0.29, 0.717) is 17.1 Å². The van der Waals surface area contributed by atoms with E-state index >= 15 is 0 Å². The molecule has 0 atom stereocenters. The quantitative estimate of drug-likeness (QED) is 0.607. The van der Waals surface area contributed by atoms with Gasteiger partial charge in [0.2, 0.25) is 0 Å². The molecule has 0 radical (unpaired) electrons. The third-order valence-electron chi connectivity index (χ3n) is 2.18. The summed E-state index contributed by atoms with van der Waals surface area (Å²) in [6, 6.07) is 5.04.